The molecular formula is C8H6Cl2F2N2O2. The number of non-ortho nitro benzene ring substituents is 1. The van der Waals surface area contributed by atoms with Gasteiger partial charge in [0.2, 0.25) is 0 Å². The Bertz CT molecular complexity index is 392. The minimum Gasteiger partial charge on any atom is -0.377 e. The van der Waals surface area contributed by atoms with E-state index in [9.17, 15) is 18.9 Å². The van der Waals surface area contributed by atoms with Gasteiger partial charge in [-0.05, 0) is 0 Å². The number of alkyl halides is 2. The summed E-state index contributed by atoms with van der Waals surface area (Å²) in [4.78, 5) is 9.76. The highest BCUT2D eigenvalue weighted by molar-refractivity contribution is 6.39. The molecule has 0 spiro atoms. The summed E-state index contributed by atoms with van der Waals surface area (Å²) in [6, 6.07) is 2.09. The highest BCUT2D eigenvalue weighted by atomic mass is 35.5. The number of hydrogen-bond donors (Lipinski definition) is 1. The number of hydrogen-bond acceptors (Lipinski definition) is 3. The summed E-state index contributed by atoms with van der Waals surface area (Å²) >= 11 is 11.3. The van der Waals surface area contributed by atoms with E-state index in [2.05, 4.69) is 5.32 Å². The van der Waals surface area contributed by atoms with Crippen LogP contribution in [0.15, 0.2) is 12.1 Å². The Morgan fingerprint density at radius 2 is 1.88 bits per heavy atom. The van der Waals surface area contributed by atoms with Crippen LogP contribution in [0.4, 0.5) is 20.2 Å². The standard InChI is InChI=1S/C8H6Cl2F2N2O2/c9-5-1-4(14(15)16)2-6(10)8(5)13-3-7(11)12/h1-2,7,13H,3H2. The van der Waals surface area contributed by atoms with Gasteiger partial charge in [0, 0.05) is 12.1 Å². The number of nitro groups is 1. The predicted octanol–water partition coefficient (Wildman–Crippen LogP) is 3.58. The van der Waals surface area contributed by atoms with Crippen LogP contribution >= 0.6 is 23.2 Å². The van der Waals surface area contributed by atoms with Gasteiger partial charge in [0.05, 0.1) is 27.2 Å². The maximum atomic E-state index is 11.9. The van der Waals surface area contributed by atoms with E-state index in [-0.39, 0.29) is 21.4 Å². The molecule has 8 heteroatoms. The summed E-state index contributed by atoms with van der Waals surface area (Å²) in [6.07, 6.45) is -2.57. The topological polar surface area (TPSA) is 55.2 Å². The molecule has 1 N–H and O–H groups in total. The highest BCUT2D eigenvalue weighted by Crippen LogP contribution is 2.34. The minimum atomic E-state index is -2.57. The molecule has 0 radical (unpaired) electrons. The van der Waals surface area contributed by atoms with Crippen LogP contribution in [0.5, 0.6) is 0 Å². The smallest absolute Gasteiger partial charge is 0.272 e. The Balaban J connectivity index is 2.98. The van der Waals surface area contributed by atoms with Gasteiger partial charge in [-0.2, -0.15) is 0 Å². The molecule has 0 aliphatic heterocycles. The van der Waals surface area contributed by atoms with Gasteiger partial charge in [0.25, 0.3) is 12.1 Å². The van der Waals surface area contributed by atoms with E-state index in [1.54, 1.807) is 0 Å². The molecule has 0 bridgehead atoms. The minimum absolute atomic E-state index is 0.0641. The second kappa shape index (κ2) is 5.27. The summed E-state index contributed by atoms with van der Waals surface area (Å²) < 4.78 is 23.9. The molecule has 1 rings (SSSR count). The first-order valence-electron chi connectivity index (χ1n) is 4.07. The van der Waals surface area contributed by atoms with Crippen molar-refractivity contribution < 1.29 is 13.7 Å². The number of anilines is 1. The van der Waals surface area contributed by atoms with Crippen molar-refractivity contribution in [3.63, 3.8) is 0 Å². The third kappa shape index (κ3) is 3.18. The average molecular weight is 271 g/mol. The van der Waals surface area contributed by atoms with E-state index in [1.165, 1.54) is 0 Å². The first kappa shape index (κ1) is 12.9. The third-order valence-corrected chi connectivity index (χ3v) is 2.27. The summed E-state index contributed by atoms with van der Waals surface area (Å²) in [7, 11) is 0. The van der Waals surface area contributed by atoms with Crippen LogP contribution < -0.4 is 5.32 Å². The Labute approximate surface area is 99.3 Å². The van der Waals surface area contributed by atoms with Crippen LogP contribution in [-0.2, 0) is 0 Å². The number of nitrogens with zero attached hydrogens (tertiary/aromatic N) is 1. The Kier molecular flexibility index (Phi) is 4.26. The molecule has 0 fully saturated rings. The van der Waals surface area contributed by atoms with Gasteiger partial charge in [-0.25, -0.2) is 8.78 Å². The number of rotatable bonds is 4. The van der Waals surface area contributed by atoms with Gasteiger partial charge in [-0.15, -0.1) is 0 Å². The first-order valence-corrected chi connectivity index (χ1v) is 4.83. The lowest BCUT2D eigenvalue weighted by Crippen LogP contribution is -2.11. The Hall–Kier alpha value is -1.14. The molecular weight excluding hydrogens is 265 g/mol. The van der Waals surface area contributed by atoms with Crippen LogP contribution in [0.2, 0.25) is 10.0 Å². The van der Waals surface area contributed by atoms with Gasteiger partial charge in [0.1, 0.15) is 0 Å². The largest absolute Gasteiger partial charge is 0.377 e. The summed E-state index contributed by atoms with van der Waals surface area (Å²) in [5.74, 6) is 0. The zero-order valence-corrected chi connectivity index (χ0v) is 9.23. The molecule has 0 saturated heterocycles. The molecule has 0 unspecified atom stereocenters. The molecule has 1 aromatic carbocycles. The van der Waals surface area contributed by atoms with Crippen LogP contribution in [-0.4, -0.2) is 17.9 Å². The van der Waals surface area contributed by atoms with Crippen molar-refractivity contribution in [3.8, 4) is 0 Å². The molecule has 16 heavy (non-hydrogen) atoms. The number of halogens is 4. The van der Waals surface area contributed by atoms with Crippen LogP contribution in [0.1, 0.15) is 0 Å². The lowest BCUT2D eigenvalue weighted by molar-refractivity contribution is -0.384. The molecule has 0 amide bonds. The molecule has 0 aliphatic carbocycles. The SMILES string of the molecule is O=[N+]([O-])c1cc(Cl)c(NCC(F)F)c(Cl)c1. The van der Waals surface area contributed by atoms with Crippen molar-refractivity contribution in [1.29, 1.82) is 0 Å². The van der Waals surface area contributed by atoms with Gasteiger partial charge in [0.15, 0.2) is 0 Å². The monoisotopic (exact) mass is 270 g/mol. The summed E-state index contributed by atoms with van der Waals surface area (Å²) in [5.41, 5.74) is -0.230. The van der Waals surface area contributed by atoms with Crippen molar-refractivity contribution in [2.75, 3.05) is 11.9 Å². The molecule has 0 aromatic heterocycles. The molecule has 1 aromatic rings. The zero-order valence-electron chi connectivity index (χ0n) is 7.71. The molecule has 0 aliphatic rings. The fraction of sp³-hybridized carbons (Fsp3) is 0.250. The lowest BCUT2D eigenvalue weighted by atomic mass is 10.3. The van der Waals surface area contributed by atoms with Crippen LogP contribution in [0.3, 0.4) is 0 Å². The summed E-state index contributed by atoms with van der Waals surface area (Å²) in [5, 5.41) is 12.6. The number of nitro benzene ring substituents is 1. The van der Waals surface area contributed by atoms with E-state index >= 15 is 0 Å². The van der Waals surface area contributed by atoms with Crippen LogP contribution in [0, 0.1) is 10.1 Å². The predicted molar refractivity (Wildman–Crippen MR) is 57.6 cm³/mol. The maximum absolute atomic E-state index is 11.9. The molecule has 0 heterocycles. The maximum Gasteiger partial charge on any atom is 0.272 e. The van der Waals surface area contributed by atoms with Gasteiger partial charge in [-0.3, -0.25) is 10.1 Å². The molecule has 88 valence electrons. The molecule has 0 atom stereocenters. The van der Waals surface area contributed by atoms with E-state index in [4.69, 9.17) is 23.2 Å². The van der Waals surface area contributed by atoms with Gasteiger partial charge in [-0.1, -0.05) is 23.2 Å². The normalized spacial score (nSPS) is 10.6. The van der Waals surface area contributed by atoms with Gasteiger partial charge >= 0.3 is 0 Å². The fourth-order valence-electron chi connectivity index (χ4n) is 1.01. The molecule has 4 nitrogen and oxygen atoms in total. The van der Waals surface area contributed by atoms with E-state index < -0.39 is 17.9 Å². The second-order valence-corrected chi connectivity index (χ2v) is 3.63. The van der Waals surface area contributed by atoms with E-state index in [0.29, 0.717) is 0 Å². The highest BCUT2D eigenvalue weighted by Gasteiger charge is 2.15. The van der Waals surface area contributed by atoms with E-state index in [1.807, 2.05) is 0 Å². The van der Waals surface area contributed by atoms with Crippen LogP contribution in [0.25, 0.3) is 0 Å². The average Bonchev–Trinajstić information content (AvgIpc) is 2.15. The van der Waals surface area contributed by atoms with Crippen molar-refractivity contribution in [2.45, 2.75) is 6.43 Å². The third-order valence-electron chi connectivity index (χ3n) is 1.67. The van der Waals surface area contributed by atoms with Crippen molar-refractivity contribution in [1.82, 2.24) is 0 Å². The number of benzene rings is 1. The quantitative estimate of drug-likeness (QED) is 0.672. The zero-order chi connectivity index (χ0) is 12.3. The van der Waals surface area contributed by atoms with Crippen molar-refractivity contribution >= 4 is 34.6 Å². The van der Waals surface area contributed by atoms with Crippen molar-refractivity contribution in [3.05, 3.63) is 32.3 Å². The fourth-order valence-corrected chi connectivity index (χ4v) is 1.62. The first-order chi connectivity index (χ1) is 7.41. The van der Waals surface area contributed by atoms with Crippen molar-refractivity contribution in [2.24, 2.45) is 0 Å². The summed E-state index contributed by atoms with van der Waals surface area (Å²) in [6.45, 7) is -0.628. The van der Waals surface area contributed by atoms with Gasteiger partial charge < -0.3 is 5.32 Å². The lowest BCUT2D eigenvalue weighted by Gasteiger charge is -2.09. The Morgan fingerprint density at radius 1 is 1.38 bits per heavy atom. The number of nitrogens with one attached hydrogen (secondary N) is 1. The van der Waals surface area contributed by atoms with E-state index in [0.717, 1.165) is 12.1 Å². The molecule has 0 saturated carbocycles. The second-order valence-electron chi connectivity index (χ2n) is 2.81. The Morgan fingerprint density at radius 3 is 2.25 bits per heavy atom.